The first kappa shape index (κ1) is 10.5. The van der Waals surface area contributed by atoms with Crippen molar-refractivity contribution in [2.75, 3.05) is 24.7 Å². The number of anilines is 1. The van der Waals surface area contributed by atoms with Crippen LogP contribution in [0, 0.1) is 0 Å². The lowest BCUT2D eigenvalue weighted by Gasteiger charge is -2.19. The molecule has 0 unspecified atom stereocenters. The fraction of sp³-hybridized carbons (Fsp3) is 0.429. The molecule has 1 aromatic carbocycles. The van der Waals surface area contributed by atoms with Crippen LogP contribution in [0.1, 0.15) is 18.4 Å². The number of ether oxygens (including phenoxy) is 1. The maximum absolute atomic E-state index is 5.19. The predicted molar refractivity (Wildman–Crippen MR) is 68.5 cm³/mol. The first-order valence-corrected chi connectivity index (χ1v) is 6.28. The Bertz CT molecular complexity index is 410. The molecule has 0 saturated carbocycles. The van der Waals surface area contributed by atoms with Crippen molar-refractivity contribution >= 4 is 5.69 Å². The SMILES string of the molecule is C1=CN(Cc2cccc(N3CCCC3)c2)CO1. The monoisotopic (exact) mass is 230 g/mol. The highest BCUT2D eigenvalue weighted by Gasteiger charge is 2.13. The van der Waals surface area contributed by atoms with E-state index in [1.54, 1.807) is 6.26 Å². The summed E-state index contributed by atoms with van der Waals surface area (Å²) < 4.78 is 5.19. The largest absolute Gasteiger partial charge is 0.479 e. The quantitative estimate of drug-likeness (QED) is 0.793. The molecule has 0 bridgehead atoms. The zero-order valence-corrected chi connectivity index (χ0v) is 10.0. The number of hydrogen-bond acceptors (Lipinski definition) is 3. The summed E-state index contributed by atoms with van der Waals surface area (Å²) >= 11 is 0. The van der Waals surface area contributed by atoms with Gasteiger partial charge in [-0.25, -0.2) is 0 Å². The van der Waals surface area contributed by atoms with E-state index in [1.807, 2.05) is 6.20 Å². The average Bonchev–Trinajstić information content (AvgIpc) is 3.01. The van der Waals surface area contributed by atoms with Crippen LogP contribution >= 0.6 is 0 Å². The van der Waals surface area contributed by atoms with E-state index in [1.165, 1.54) is 37.2 Å². The van der Waals surface area contributed by atoms with Crippen molar-refractivity contribution < 1.29 is 4.74 Å². The molecule has 0 aromatic heterocycles. The summed E-state index contributed by atoms with van der Waals surface area (Å²) in [6, 6.07) is 8.86. The van der Waals surface area contributed by atoms with Crippen molar-refractivity contribution in [3.63, 3.8) is 0 Å². The lowest BCUT2D eigenvalue weighted by atomic mass is 10.2. The van der Waals surface area contributed by atoms with Gasteiger partial charge in [-0.3, -0.25) is 0 Å². The highest BCUT2D eigenvalue weighted by Crippen LogP contribution is 2.22. The van der Waals surface area contributed by atoms with Crippen LogP contribution in [0.4, 0.5) is 5.69 Å². The molecule has 0 aliphatic carbocycles. The molecule has 0 amide bonds. The van der Waals surface area contributed by atoms with E-state index in [9.17, 15) is 0 Å². The minimum atomic E-state index is 0.675. The Labute approximate surface area is 102 Å². The Morgan fingerprint density at radius 1 is 1.18 bits per heavy atom. The molecular weight excluding hydrogens is 212 g/mol. The van der Waals surface area contributed by atoms with Crippen LogP contribution in [0.3, 0.4) is 0 Å². The number of rotatable bonds is 3. The van der Waals surface area contributed by atoms with Crippen molar-refractivity contribution in [3.8, 4) is 0 Å². The molecule has 90 valence electrons. The minimum absolute atomic E-state index is 0.675. The van der Waals surface area contributed by atoms with E-state index in [4.69, 9.17) is 4.74 Å². The van der Waals surface area contributed by atoms with E-state index >= 15 is 0 Å². The summed E-state index contributed by atoms with van der Waals surface area (Å²) in [5.41, 5.74) is 2.72. The summed E-state index contributed by atoms with van der Waals surface area (Å²) in [5.74, 6) is 0. The van der Waals surface area contributed by atoms with E-state index in [0.717, 1.165) is 6.54 Å². The zero-order valence-electron chi connectivity index (χ0n) is 10.0. The van der Waals surface area contributed by atoms with E-state index < -0.39 is 0 Å². The molecule has 0 N–H and O–H groups in total. The third kappa shape index (κ3) is 2.38. The molecule has 0 radical (unpaired) electrons. The van der Waals surface area contributed by atoms with E-state index in [0.29, 0.717) is 6.73 Å². The molecule has 1 fully saturated rings. The fourth-order valence-corrected chi connectivity index (χ4v) is 2.47. The van der Waals surface area contributed by atoms with Crippen molar-refractivity contribution in [1.29, 1.82) is 0 Å². The van der Waals surface area contributed by atoms with Crippen molar-refractivity contribution in [1.82, 2.24) is 4.90 Å². The summed E-state index contributed by atoms with van der Waals surface area (Å²) in [6.45, 7) is 4.01. The van der Waals surface area contributed by atoms with Gasteiger partial charge in [0.15, 0.2) is 6.73 Å². The smallest absolute Gasteiger partial charge is 0.160 e. The van der Waals surface area contributed by atoms with Crippen LogP contribution in [0.2, 0.25) is 0 Å². The second kappa shape index (κ2) is 4.70. The standard InChI is InChI=1S/C14H18N2O/c1-2-7-16(6-1)14-5-3-4-13(10-14)11-15-8-9-17-12-15/h3-5,8-10H,1-2,6-7,11-12H2. The molecular formula is C14H18N2O. The lowest BCUT2D eigenvalue weighted by molar-refractivity contribution is 0.167. The van der Waals surface area contributed by atoms with Crippen molar-refractivity contribution in [2.24, 2.45) is 0 Å². The average molecular weight is 230 g/mol. The van der Waals surface area contributed by atoms with E-state index in [2.05, 4.69) is 34.1 Å². The number of benzene rings is 1. The molecule has 3 nitrogen and oxygen atoms in total. The fourth-order valence-electron chi connectivity index (χ4n) is 2.47. The van der Waals surface area contributed by atoms with Gasteiger partial charge in [-0.15, -0.1) is 0 Å². The Hall–Kier alpha value is -1.64. The van der Waals surface area contributed by atoms with Gasteiger partial charge in [0.25, 0.3) is 0 Å². The summed E-state index contributed by atoms with van der Waals surface area (Å²) in [6.07, 6.45) is 6.41. The first-order valence-electron chi connectivity index (χ1n) is 6.28. The molecule has 17 heavy (non-hydrogen) atoms. The van der Waals surface area contributed by atoms with Crippen LogP contribution in [0.25, 0.3) is 0 Å². The van der Waals surface area contributed by atoms with Gasteiger partial charge in [0, 0.05) is 31.5 Å². The Morgan fingerprint density at radius 3 is 2.82 bits per heavy atom. The third-order valence-electron chi connectivity index (χ3n) is 3.38. The number of nitrogens with zero attached hydrogens (tertiary/aromatic N) is 2. The van der Waals surface area contributed by atoms with E-state index in [-0.39, 0.29) is 0 Å². The summed E-state index contributed by atoms with van der Waals surface area (Å²) in [7, 11) is 0. The van der Waals surface area contributed by atoms with Crippen LogP contribution < -0.4 is 4.90 Å². The molecule has 3 rings (SSSR count). The highest BCUT2D eigenvalue weighted by atomic mass is 16.5. The molecule has 2 heterocycles. The normalized spacial score (nSPS) is 18.8. The summed E-state index contributed by atoms with van der Waals surface area (Å²) in [4.78, 5) is 4.64. The Balaban J connectivity index is 1.71. The molecule has 0 atom stereocenters. The molecule has 1 aromatic rings. The predicted octanol–water partition coefficient (Wildman–Crippen LogP) is 2.55. The Kier molecular flexibility index (Phi) is 2.90. The lowest BCUT2D eigenvalue weighted by Crippen LogP contribution is -2.18. The Morgan fingerprint density at radius 2 is 2.06 bits per heavy atom. The summed E-state index contributed by atoms with van der Waals surface area (Å²) in [5, 5.41) is 0. The topological polar surface area (TPSA) is 15.7 Å². The van der Waals surface area contributed by atoms with Gasteiger partial charge < -0.3 is 14.5 Å². The van der Waals surface area contributed by atoms with Crippen molar-refractivity contribution in [3.05, 3.63) is 42.3 Å². The third-order valence-corrected chi connectivity index (χ3v) is 3.38. The molecule has 0 spiro atoms. The molecule has 3 heteroatoms. The molecule has 2 aliphatic rings. The minimum Gasteiger partial charge on any atom is -0.479 e. The zero-order chi connectivity index (χ0) is 11.5. The van der Waals surface area contributed by atoms with Gasteiger partial charge in [-0.2, -0.15) is 0 Å². The van der Waals surface area contributed by atoms with Gasteiger partial charge >= 0.3 is 0 Å². The van der Waals surface area contributed by atoms with Gasteiger partial charge in [0.2, 0.25) is 0 Å². The van der Waals surface area contributed by atoms with Crippen LogP contribution in [0.15, 0.2) is 36.7 Å². The highest BCUT2D eigenvalue weighted by molar-refractivity contribution is 5.49. The van der Waals surface area contributed by atoms with Crippen LogP contribution in [0.5, 0.6) is 0 Å². The van der Waals surface area contributed by atoms with Crippen LogP contribution in [-0.4, -0.2) is 24.7 Å². The molecule has 1 saturated heterocycles. The maximum Gasteiger partial charge on any atom is 0.160 e. The second-order valence-electron chi connectivity index (χ2n) is 4.69. The maximum atomic E-state index is 5.19. The second-order valence-corrected chi connectivity index (χ2v) is 4.69. The first-order chi connectivity index (χ1) is 8.42. The van der Waals surface area contributed by atoms with Gasteiger partial charge in [-0.1, -0.05) is 12.1 Å². The van der Waals surface area contributed by atoms with Gasteiger partial charge in [-0.05, 0) is 30.5 Å². The van der Waals surface area contributed by atoms with Gasteiger partial charge in [0.1, 0.15) is 6.26 Å². The van der Waals surface area contributed by atoms with Crippen molar-refractivity contribution in [2.45, 2.75) is 19.4 Å². The number of hydrogen-bond donors (Lipinski definition) is 0. The molecule has 2 aliphatic heterocycles. The van der Waals surface area contributed by atoms with Gasteiger partial charge in [0.05, 0.1) is 0 Å². The van der Waals surface area contributed by atoms with Crippen LogP contribution in [-0.2, 0) is 11.3 Å².